The lowest BCUT2D eigenvalue weighted by molar-refractivity contribution is -0.158. The van der Waals surface area contributed by atoms with E-state index in [1.165, 1.54) is 0 Å². The van der Waals surface area contributed by atoms with Gasteiger partial charge in [-0.15, -0.1) is 0 Å². The normalized spacial score (nSPS) is 33.6. The Morgan fingerprint density at radius 1 is 1.80 bits per heavy atom. The van der Waals surface area contributed by atoms with Crippen LogP contribution in [0.15, 0.2) is 0 Å². The molecular weight excluding hydrogens is 132 g/mol. The highest BCUT2D eigenvalue weighted by Crippen LogP contribution is 2.19. The zero-order valence-corrected chi connectivity index (χ0v) is 6.04. The maximum absolute atomic E-state index is 10.7. The van der Waals surface area contributed by atoms with E-state index in [0.29, 0.717) is 12.3 Å². The monoisotopic (exact) mass is 144 g/mol. The Morgan fingerprint density at radius 3 is 3.00 bits per heavy atom. The van der Waals surface area contributed by atoms with Gasteiger partial charge in [-0.3, -0.25) is 4.79 Å². The highest BCUT2D eigenvalue weighted by molar-refractivity contribution is 5.70. The summed E-state index contributed by atoms with van der Waals surface area (Å²) in [7, 11) is 0. The van der Waals surface area contributed by atoms with Crippen molar-refractivity contribution in [2.24, 2.45) is 5.92 Å². The van der Waals surface area contributed by atoms with Gasteiger partial charge < -0.3 is 9.84 Å². The van der Waals surface area contributed by atoms with Crippen molar-refractivity contribution >= 4 is 5.97 Å². The van der Waals surface area contributed by atoms with Crippen LogP contribution in [0.25, 0.3) is 0 Å². The fraction of sp³-hybridized carbons (Fsp3) is 0.857. The van der Waals surface area contributed by atoms with Gasteiger partial charge in [0.1, 0.15) is 6.10 Å². The SMILES string of the molecule is C[C@@H]1CC(=O)O[C@H](CO)C1. The Labute approximate surface area is 60.0 Å². The Morgan fingerprint density at radius 2 is 2.50 bits per heavy atom. The zero-order chi connectivity index (χ0) is 7.56. The van der Waals surface area contributed by atoms with E-state index in [-0.39, 0.29) is 18.7 Å². The lowest BCUT2D eigenvalue weighted by Crippen LogP contribution is -2.30. The Kier molecular flexibility index (Phi) is 2.27. The quantitative estimate of drug-likeness (QED) is 0.539. The molecular formula is C7H12O3. The molecule has 0 saturated carbocycles. The second-order valence-electron chi connectivity index (χ2n) is 2.84. The van der Waals surface area contributed by atoms with Crippen molar-refractivity contribution in [2.45, 2.75) is 25.9 Å². The number of carbonyl (C=O) groups excluding carboxylic acids is 1. The molecule has 1 heterocycles. The van der Waals surface area contributed by atoms with Crippen molar-refractivity contribution in [1.82, 2.24) is 0 Å². The largest absolute Gasteiger partial charge is 0.460 e. The van der Waals surface area contributed by atoms with Crippen LogP contribution in [0.3, 0.4) is 0 Å². The number of hydrogen-bond acceptors (Lipinski definition) is 3. The van der Waals surface area contributed by atoms with E-state index in [2.05, 4.69) is 0 Å². The molecule has 0 unspecified atom stereocenters. The first kappa shape index (κ1) is 7.54. The molecule has 1 aliphatic heterocycles. The average molecular weight is 144 g/mol. The number of aliphatic hydroxyl groups excluding tert-OH is 1. The van der Waals surface area contributed by atoms with Crippen molar-refractivity contribution in [3.63, 3.8) is 0 Å². The summed E-state index contributed by atoms with van der Waals surface area (Å²) in [6.45, 7) is 1.94. The summed E-state index contributed by atoms with van der Waals surface area (Å²) in [5.74, 6) is 0.177. The van der Waals surface area contributed by atoms with Crippen molar-refractivity contribution < 1.29 is 14.6 Å². The minimum absolute atomic E-state index is 0.0456. The van der Waals surface area contributed by atoms with E-state index in [9.17, 15) is 4.79 Å². The number of carbonyl (C=O) groups is 1. The van der Waals surface area contributed by atoms with E-state index in [1.807, 2.05) is 6.92 Å². The first-order valence-corrected chi connectivity index (χ1v) is 3.52. The van der Waals surface area contributed by atoms with Crippen molar-refractivity contribution in [2.75, 3.05) is 6.61 Å². The third-order valence-electron chi connectivity index (χ3n) is 1.68. The summed E-state index contributed by atoms with van der Waals surface area (Å²) in [6, 6.07) is 0. The molecule has 58 valence electrons. The fourth-order valence-corrected chi connectivity index (χ4v) is 1.21. The maximum atomic E-state index is 10.7. The molecule has 0 aromatic heterocycles. The number of hydrogen-bond donors (Lipinski definition) is 1. The molecule has 3 nitrogen and oxygen atoms in total. The lowest BCUT2D eigenvalue weighted by atomic mass is 9.98. The number of esters is 1. The van der Waals surface area contributed by atoms with Crippen molar-refractivity contribution in [3.05, 3.63) is 0 Å². The van der Waals surface area contributed by atoms with Gasteiger partial charge in [-0.05, 0) is 12.3 Å². The first-order chi connectivity index (χ1) is 4.72. The molecule has 0 bridgehead atoms. The zero-order valence-electron chi connectivity index (χ0n) is 6.04. The van der Waals surface area contributed by atoms with Crippen LogP contribution < -0.4 is 0 Å². The number of ether oxygens (including phenoxy) is 1. The van der Waals surface area contributed by atoms with E-state index in [4.69, 9.17) is 9.84 Å². The minimum atomic E-state index is -0.253. The summed E-state index contributed by atoms with van der Waals surface area (Å²) in [5, 5.41) is 8.65. The molecule has 1 aliphatic rings. The molecule has 1 N–H and O–H groups in total. The minimum Gasteiger partial charge on any atom is -0.460 e. The van der Waals surface area contributed by atoms with Crippen LogP contribution in [0.5, 0.6) is 0 Å². The summed E-state index contributed by atoms with van der Waals surface area (Å²) in [6.07, 6.45) is 1.04. The van der Waals surface area contributed by atoms with Crippen LogP contribution >= 0.6 is 0 Å². The number of cyclic esters (lactones) is 1. The Bertz CT molecular complexity index is 133. The second kappa shape index (κ2) is 3.01. The highest BCUT2D eigenvalue weighted by Gasteiger charge is 2.24. The lowest BCUT2D eigenvalue weighted by Gasteiger charge is -2.24. The summed E-state index contributed by atoms with van der Waals surface area (Å²) in [4.78, 5) is 10.7. The van der Waals surface area contributed by atoms with Gasteiger partial charge in [-0.1, -0.05) is 6.92 Å². The van der Waals surface area contributed by atoms with Gasteiger partial charge in [0.25, 0.3) is 0 Å². The van der Waals surface area contributed by atoms with Crippen LogP contribution in [-0.4, -0.2) is 23.8 Å². The predicted octanol–water partition coefficient (Wildman–Crippen LogP) is 0.320. The fourth-order valence-electron chi connectivity index (χ4n) is 1.21. The molecule has 2 atom stereocenters. The predicted molar refractivity (Wildman–Crippen MR) is 35.4 cm³/mol. The van der Waals surface area contributed by atoms with Gasteiger partial charge in [0.15, 0.2) is 0 Å². The van der Waals surface area contributed by atoms with Crippen LogP contribution in [0.1, 0.15) is 19.8 Å². The number of aliphatic hydroxyl groups is 1. The molecule has 0 aromatic carbocycles. The highest BCUT2D eigenvalue weighted by atomic mass is 16.6. The van der Waals surface area contributed by atoms with Crippen LogP contribution in [0, 0.1) is 5.92 Å². The summed E-state index contributed by atoms with van der Waals surface area (Å²) in [5.41, 5.74) is 0. The molecule has 0 amide bonds. The van der Waals surface area contributed by atoms with Gasteiger partial charge in [0.2, 0.25) is 0 Å². The first-order valence-electron chi connectivity index (χ1n) is 3.52. The molecule has 0 radical (unpaired) electrons. The van der Waals surface area contributed by atoms with Crippen LogP contribution in [0.4, 0.5) is 0 Å². The van der Waals surface area contributed by atoms with Crippen LogP contribution in [0.2, 0.25) is 0 Å². The Hall–Kier alpha value is -0.570. The molecule has 0 spiro atoms. The second-order valence-corrected chi connectivity index (χ2v) is 2.84. The van der Waals surface area contributed by atoms with Gasteiger partial charge in [-0.25, -0.2) is 0 Å². The van der Waals surface area contributed by atoms with Gasteiger partial charge >= 0.3 is 5.97 Å². The van der Waals surface area contributed by atoms with Crippen molar-refractivity contribution in [1.29, 1.82) is 0 Å². The van der Waals surface area contributed by atoms with Gasteiger partial charge in [-0.2, -0.15) is 0 Å². The molecule has 0 aliphatic carbocycles. The van der Waals surface area contributed by atoms with E-state index in [1.54, 1.807) is 0 Å². The topological polar surface area (TPSA) is 46.5 Å². The molecule has 3 heteroatoms. The molecule has 1 rings (SSSR count). The third-order valence-corrected chi connectivity index (χ3v) is 1.68. The number of rotatable bonds is 1. The average Bonchev–Trinajstić information content (AvgIpc) is 1.85. The molecule has 1 saturated heterocycles. The maximum Gasteiger partial charge on any atom is 0.306 e. The van der Waals surface area contributed by atoms with Gasteiger partial charge in [0.05, 0.1) is 6.61 Å². The standard InChI is InChI=1S/C7H12O3/c1-5-2-6(4-8)10-7(9)3-5/h5-6,8H,2-4H2,1H3/t5-,6-/m0/s1. The molecule has 0 aromatic rings. The van der Waals surface area contributed by atoms with E-state index in [0.717, 1.165) is 6.42 Å². The van der Waals surface area contributed by atoms with Crippen molar-refractivity contribution in [3.8, 4) is 0 Å². The van der Waals surface area contributed by atoms with Crippen LogP contribution in [-0.2, 0) is 9.53 Å². The molecule has 1 fully saturated rings. The Balaban J connectivity index is 2.42. The van der Waals surface area contributed by atoms with E-state index >= 15 is 0 Å². The summed E-state index contributed by atoms with van der Waals surface area (Å²) < 4.78 is 4.82. The smallest absolute Gasteiger partial charge is 0.306 e. The van der Waals surface area contributed by atoms with E-state index < -0.39 is 0 Å². The molecule has 10 heavy (non-hydrogen) atoms. The summed E-state index contributed by atoms with van der Waals surface area (Å²) >= 11 is 0. The van der Waals surface area contributed by atoms with Gasteiger partial charge in [0, 0.05) is 6.42 Å². The third kappa shape index (κ3) is 1.70.